The van der Waals surface area contributed by atoms with Gasteiger partial charge in [0.1, 0.15) is 5.75 Å². The lowest BCUT2D eigenvalue weighted by atomic mass is 9.91. The number of rotatable bonds is 3. The van der Waals surface area contributed by atoms with Gasteiger partial charge in [-0.3, -0.25) is 10.1 Å². The van der Waals surface area contributed by atoms with Crippen LogP contribution in [-0.2, 0) is 0 Å². The minimum Gasteiger partial charge on any atom is -0.492 e. The first-order chi connectivity index (χ1) is 8.22. The number of hydrogen-bond donors (Lipinski definition) is 1. The van der Waals surface area contributed by atoms with Crippen molar-refractivity contribution in [2.24, 2.45) is 16.9 Å². The molecule has 0 spiro atoms. The van der Waals surface area contributed by atoms with Gasteiger partial charge < -0.3 is 10.6 Å². The Bertz CT molecular complexity index is 459. The zero-order valence-corrected chi connectivity index (χ0v) is 9.20. The first kappa shape index (κ1) is 11.4. The molecule has 0 aromatic heterocycles. The maximum atomic E-state index is 10.4. The van der Waals surface area contributed by atoms with Crippen molar-refractivity contribution in [3.63, 3.8) is 0 Å². The number of benzene rings is 1. The Balaban J connectivity index is 2.21. The number of nitrogens with two attached hydrogens (primary N) is 1. The third-order valence-corrected chi connectivity index (χ3v) is 2.79. The van der Waals surface area contributed by atoms with E-state index in [1.54, 1.807) is 0 Å². The van der Waals surface area contributed by atoms with Crippen molar-refractivity contribution in [1.82, 2.24) is 0 Å². The molecule has 2 rings (SSSR count). The second-order valence-electron chi connectivity index (χ2n) is 3.86. The van der Waals surface area contributed by atoms with Crippen molar-refractivity contribution in [1.29, 1.82) is 0 Å². The molecule has 1 unspecified atom stereocenters. The highest BCUT2D eigenvalue weighted by Gasteiger charge is 2.27. The van der Waals surface area contributed by atoms with Gasteiger partial charge in [0.25, 0.3) is 0 Å². The molecule has 1 aromatic carbocycles. The second-order valence-corrected chi connectivity index (χ2v) is 3.86. The van der Waals surface area contributed by atoms with E-state index in [-0.39, 0.29) is 17.4 Å². The highest BCUT2D eigenvalue weighted by atomic mass is 16.6. The summed E-state index contributed by atoms with van der Waals surface area (Å²) in [6, 6.07) is 7.43. The molecule has 1 aliphatic rings. The van der Waals surface area contributed by atoms with Gasteiger partial charge in [0, 0.05) is 22.8 Å². The molecule has 1 aliphatic heterocycles. The predicted molar refractivity (Wildman–Crippen MR) is 62.6 cm³/mol. The first-order valence-electron chi connectivity index (χ1n) is 5.34. The molecule has 0 radical (unpaired) electrons. The van der Waals surface area contributed by atoms with Crippen molar-refractivity contribution < 1.29 is 9.66 Å². The van der Waals surface area contributed by atoms with Crippen LogP contribution in [0.4, 0.5) is 0 Å². The fourth-order valence-corrected chi connectivity index (χ4v) is 1.95. The molecule has 2 N–H and O–H groups in total. The van der Waals surface area contributed by atoms with Gasteiger partial charge in [-0.05, 0) is 12.1 Å². The van der Waals surface area contributed by atoms with Gasteiger partial charge in [0.05, 0.1) is 12.3 Å². The van der Waals surface area contributed by atoms with Crippen LogP contribution >= 0.6 is 0 Å². The minimum atomic E-state index is -0.339. The van der Waals surface area contributed by atoms with Crippen LogP contribution < -0.4 is 10.6 Å². The van der Waals surface area contributed by atoms with Gasteiger partial charge in [0.15, 0.2) is 0 Å². The summed E-state index contributed by atoms with van der Waals surface area (Å²) in [4.78, 5) is 10.0. The van der Waals surface area contributed by atoms with Crippen molar-refractivity contribution in [3.8, 4) is 5.75 Å². The maximum Gasteiger partial charge on any atom is 0.204 e. The third kappa shape index (κ3) is 2.35. The Labute approximate surface area is 98.2 Å². The van der Waals surface area contributed by atoms with Crippen LogP contribution in [0.2, 0.25) is 0 Å². The number of nitro groups is 1. The van der Waals surface area contributed by atoms with Gasteiger partial charge in [-0.25, -0.2) is 0 Å². The Morgan fingerprint density at radius 2 is 2.29 bits per heavy atom. The van der Waals surface area contributed by atoms with Crippen LogP contribution in [-0.4, -0.2) is 23.8 Å². The van der Waals surface area contributed by atoms with E-state index in [0.29, 0.717) is 18.7 Å². The van der Waals surface area contributed by atoms with E-state index in [1.165, 1.54) is 0 Å². The lowest BCUT2D eigenvalue weighted by Crippen LogP contribution is -2.31. The minimum absolute atomic E-state index is 0.102. The molecule has 0 saturated carbocycles. The molecule has 0 aliphatic carbocycles. The zero-order valence-electron chi connectivity index (χ0n) is 9.20. The van der Waals surface area contributed by atoms with Crippen LogP contribution in [0.3, 0.4) is 0 Å². The van der Waals surface area contributed by atoms with Gasteiger partial charge in [0.2, 0.25) is 6.54 Å². The molecule has 1 aromatic rings. The summed E-state index contributed by atoms with van der Waals surface area (Å²) < 4.78 is 5.54. The Kier molecular flexibility index (Phi) is 3.22. The average Bonchev–Trinajstić information content (AvgIpc) is 2.35. The Hall–Kier alpha value is -2.11. The summed E-state index contributed by atoms with van der Waals surface area (Å²) in [6.07, 6.45) is 0.386. The van der Waals surface area contributed by atoms with Crippen LogP contribution in [0.15, 0.2) is 29.4 Å². The fourth-order valence-electron chi connectivity index (χ4n) is 1.95. The number of fused-ring (bicyclic) bond motifs is 1. The molecular formula is C11H13N3O3. The molecule has 6 nitrogen and oxygen atoms in total. The molecule has 6 heteroatoms. The van der Waals surface area contributed by atoms with Crippen molar-refractivity contribution in [2.45, 2.75) is 6.42 Å². The SMILES string of the molecule is NN=C1c2ccccc2OCC1CC[N+](=O)[O-]. The molecule has 1 heterocycles. The fraction of sp³-hybridized carbons (Fsp3) is 0.364. The van der Waals surface area contributed by atoms with Gasteiger partial charge in [-0.1, -0.05) is 12.1 Å². The monoisotopic (exact) mass is 235 g/mol. The van der Waals surface area contributed by atoms with Crippen LogP contribution in [0.25, 0.3) is 0 Å². The standard InChI is InChI=1S/C11H13N3O3/c12-13-11-8(5-6-14(15)16)7-17-10-4-2-1-3-9(10)11/h1-4,8H,5-7,12H2. The largest absolute Gasteiger partial charge is 0.492 e. The van der Waals surface area contributed by atoms with Crippen LogP contribution in [0, 0.1) is 16.0 Å². The summed E-state index contributed by atoms with van der Waals surface area (Å²) in [7, 11) is 0. The predicted octanol–water partition coefficient (Wildman–Crippen LogP) is 1.02. The Morgan fingerprint density at radius 1 is 1.53 bits per heavy atom. The molecule has 90 valence electrons. The Morgan fingerprint density at radius 3 is 3.00 bits per heavy atom. The summed E-state index contributed by atoms with van der Waals surface area (Å²) in [5.41, 5.74) is 1.52. The first-order valence-corrected chi connectivity index (χ1v) is 5.34. The van der Waals surface area contributed by atoms with Gasteiger partial charge >= 0.3 is 0 Å². The highest BCUT2D eigenvalue weighted by Crippen LogP contribution is 2.28. The van der Waals surface area contributed by atoms with E-state index in [9.17, 15) is 10.1 Å². The molecular weight excluding hydrogens is 222 g/mol. The van der Waals surface area contributed by atoms with E-state index in [2.05, 4.69) is 5.10 Å². The maximum absolute atomic E-state index is 10.4. The molecule has 17 heavy (non-hydrogen) atoms. The topological polar surface area (TPSA) is 90.8 Å². The molecule has 0 saturated heterocycles. The summed E-state index contributed by atoms with van der Waals surface area (Å²) >= 11 is 0. The number of hydrogen-bond acceptors (Lipinski definition) is 5. The second kappa shape index (κ2) is 4.82. The molecule has 1 atom stereocenters. The van der Waals surface area contributed by atoms with Crippen molar-refractivity contribution in [3.05, 3.63) is 39.9 Å². The number of hydrazone groups is 1. The number of nitrogens with zero attached hydrogens (tertiary/aromatic N) is 2. The number of para-hydroxylation sites is 1. The van der Waals surface area contributed by atoms with Crippen molar-refractivity contribution >= 4 is 5.71 Å². The van der Waals surface area contributed by atoms with E-state index in [4.69, 9.17) is 10.6 Å². The quantitative estimate of drug-likeness (QED) is 0.481. The van der Waals surface area contributed by atoms with Gasteiger partial charge in [-0.2, -0.15) is 5.10 Å². The van der Waals surface area contributed by atoms with Crippen LogP contribution in [0.5, 0.6) is 5.75 Å². The lowest BCUT2D eigenvalue weighted by molar-refractivity contribution is -0.481. The third-order valence-electron chi connectivity index (χ3n) is 2.79. The lowest BCUT2D eigenvalue weighted by Gasteiger charge is -2.25. The summed E-state index contributed by atoms with van der Waals surface area (Å²) in [5.74, 6) is 6.00. The van der Waals surface area contributed by atoms with E-state index in [0.717, 1.165) is 11.3 Å². The smallest absolute Gasteiger partial charge is 0.204 e. The van der Waals surface area contributed by atoms with Crippen LogP contribution in [0.1, 0.15) is 12.0 Å². The normalized spacial score (nSPS) is 20.7. The molecule has 0 fully saturated rings. The van der Waals surface area contributed by atoms with E-state index in [1.807, 2.05) is 24.3 Å². The number of ether oxygens (including phenoxy) is 1. The molecule has 0 bridgehead atoms. The summed E-state index contributed by atoms with van der Waals surface area (Å²) in [5, 5.41) is 14.1. The zero-order chi connectivity index (χ0) is 12.3. The van der Waals surface area contributed by atoms with E-state index >= 15 is 0 Å². The molecule has 0 amide bonds. The van der Waals surface area contributed by atoms with Crippen molar-refractivity contribution in [2.75, 3.05) is 13.2 Å². The summed E-state index contributed by atoms with van der Waals surface area (Å²) in [6.45, 7) is 0.288. The highest BCUT2D eigenvalue weighted by molar-refractivity contribution is 6.05. The van der Waals surface area contributed by atoms with Gasteiger partial charge in [-0.15, -0.1) is 0 Å². The van der Waals surface area contributed by atoms with E-state index < -0.39 is 0 Å². The average molecular weight is 235 g/mol.